The number of benzene rings is 3. The lowest BCUT2D eigenvalue weighted by Crippen LogP contribution is -2.49. The number of hydrogen-bond acceptors (Lipinski definition) is 5. The largest absolute Gasteiger partial charge is 0.352 e. The Hall–Kier alpha value is -3.77. The molecule has 2 aliphatic rings. The molecule has 1 saturated heterocycles. The molecule has 1 aliphatic heterocycles. The van der Waals surface area contributed by atoms with Gasteiger partial charge in [-0.05, 0) is 66.1 Å². The molecule has 0 spiro atoms. The zero-order valence-corrected chi connectivity index (χ0v) is 22.9. The second kappa shape index (κ2) is 10.4. The molecule has 0 radical (unpaired) electrons. The van der Waals surface area contributed by atoms with Crippen molar-refractivity contribution in [2.24, 2.45) is 0 Å². The summed E-state index contributed by atoms with van der Waals surface area (Å²) in [5.74, 6) is 2.12. The van der Waals surface area contributed by atoms with Crippen LogP contribution in [0.4, 0.5) is 5.82 Å². The number of carbonyl (C=O) groups excluding carboxylic acids is 1. The molecule has 2 aromatic heterocycles. The van der Waals surface area contributed by atoms with E-state index in [9.17, 15) is 4.79 Å². The third-order valence-electron chi connectivity index (χ3n) is 8.18. The van der Waals surface area contributed by atoms with Crippen molar-refractivity contribution >= 4 is 44.1 Å². The molecular formula is C33H32N4OS. The Kier molecular flexibility index (Phi) is 6.49. The third-order valence-corrected chi connectivity index (χ3v) is 9.37. The molecule has 1 aliphatic carbocycles. The molecule has 5 aromatic rings. The van der Waals surface area contributed by atoms with Gasteiger partial charge in [0, 0.05) is 43.0 Å². The second-order valence-electron chi connectivity index (χ2n) is 10.7. The predicted octanol–water partition coefficient (Wildman–Crippen LogP) is 6.47. The standard InChI is InChI=1S/C33H32N4OS/c38-33(26-16-15-24-10-4-5-11-25(24)22-26)37-20-18-36(19-21-37)31-30-27-12-6-7-13-28(27)39-32(30)35-29(34-31)17-14-23-8-2-1-3-9-23/h1-5,8-11,15-16,22H,6-7,12-14,17-21H2. The molecular weight excluding hydrogens is 500 g/mol. The number of anilines is 1. The maximum absolute atomic E-state index is 13.4. The first kappa shape index (κ1) is 24.3. The Bertz CT molecular complexity index is 1650. The molecule has 1 fully saturated rings. The van der Waals surface area contributed by atoms with Gasteiger partial charge in [0.25, 0.3) is 5.91 Å². The Labute approximate surface area is 233 Å². The fraction of sp³-hybridized carbons (Fsp3) is 0.303. The van der Waals surface area contributed by atoms with E-state index in [-0.39, 0.29) is 5.91 Å². The molecule has 0 atom stereocenters. The highest BCUT2D eigenvalue weighted by Crippen LogP contribution is 2.40. The summed E-state index contributed by atoms with van der Waals surface area (Å²) < 4.78 is 0. The van der Waals surface area contributed by atoms with Crippen molar-refractivity contribution < 1.29 is 4.79 Å². The van der Waals surface area contributed by atoms with Crippen molar-refractivity contribution in [3.63, 3.8) is 0 Å². The van der Waals surface area contributed by atoms with E-state index in [0.29, 0.717) is 13.1 Å². The van der Waals surface area contributed by atoms with Crippen LogP contribution in [-0.2, 0) is 25.7 Å². The average Bonchev–Trinajstić information content (AvgIpc) is 3.38. The van der Waals surface area contributed by atoms with E-state index >= 15 is 0 Å². The van der Waals surface area contributed by atoms with Crippen LogP contribution in [0.1, 0.15) is 45.0 Å². The van der Waals surface area contributed by atoms with Gasteiger partial charge in [-0.15, -0.1) is 11.3 Å². The van der Waals surface area contributed by atoms with Gasteiger partial charge in [0.05, 0.1) is 5.39 Å². The van der Waals surface area contributed by atoms with Gasteiger partial charge in [-0.2, -0.15) is 0 Å². The summed E-state index contributed by atoms with van der Waals surface area (Å²) in [4.78, 5) is 30.7. The van der Waals surface area contributed by atoms with E-state index in [2.05, 4.69) is 47.4 Å². The van der Waals surface area contributed by atoms with Crippen LogP contribution in [-0.4, -0.2) is 47.0 Å². The normalized spacial score (nSPS) is 15.6. The SMILES string of the molecule is O=C(c1ccc2ccccc2c1)N1CCN(c2nc(CCc3ccccc3)nc3sc4c(c23)CCCC4)CC1. The summed E-state index contributed by atoms with van der Waals surface area (Å²) in [5, 5.41) is 3.54. The van der Waals surface area contributed by atoms with Crippen LogP contribution in [0, 0.1) is 0 Å². The van der Waals surface area contributed by atoms with Crippen LogP contribution in [0.25, 0.3) is 21.0 Å². The summed E-state index contributed by atoms with van der Waals surface area (Å²) in [6.07, 6.45) is 6.54. The maximum atomic E-state index is 13.4. The minimum absolute atomic E-state index is 0.115. The smallest absolute Gasteiger partial charge is 0.253 e. The van der Waals surface area contributed by atoms with Crippen molar-refractivity contribution in [3.05, 3.63) is 100 Å². The summed E-state index contributed by atoms with van der Waals surface area (Å²) in [7, 11) is 0. The lowest BCUT2D eigenvalue weighted by molar-refractivity contribution is 0.0746. The van der Waals surface area contributed by atoms with Gasteiger partial charge in [-0.25, -0.2) is 9.97 Å². The molecule has 3 aromatic carbocycles. The Morgan fingerprint density at radius 2 is 1.56 bits per heavy atom. The van der Waals surface area contributed by atoms with E-state index in [1.54, 1.807) is 0 Å². The molecule has 0 saturated carbocycles. The summed E-state index contributed by atoms with van der Waals surface area (Å²) in [6.45, 7) is 2.97. The first-order chi connectivity index (χ1) is 19.2. The molecule has 0 unspecified atom stereocenters. The quantitative estimate of drug-likeness (QED) is 0.260. The van der Waals surface area contributed by atoms with Crippen LogP contribution in [0.2, 0.25) is 0 Å². The number of hydrogen-bond donors (Lipinski definition) is 0. The predicted molar refractivity (Wildman–Crippen MR) is 160 cm³/mol. The third kappa shape index (κ3) is 4.78. The lowest BCUT2D eigenvalue weighted by Gasteiger charge is -2.36. The number of amides is 1. The first-order valence-corrected chi connectivity index (χ1v) is 14.9. The topological polar surface area (TPSA) is 49.3 Å². The molecule has 6 heteroatoms. The molecule has 5 nitrogen and oxygen atoms in total. The maximum Gasteiger partial charge on any atom is 0.253 e. The summed E-state index contributed by atoms with van der Waals surface area (Å²) in [6, 6.07) is 24.8. The number of fused-ring (bicyclic) bond motifs is 4. The minimum Gasteiger partial charge on any atom is -0.352 e. The van der Waals surface area contributed by atoms with E-state index in [1.165, 1.54) is 34.2 Å². The zero-order valence-electron chi connectivity index (χ0n) is 22.1. The van der Waals surface area contributed by atoms with Crippen molar-refractivity contribution in [3.8, 4) is 0 Å². The number of rotatable bonds is 5. The van der Waals surface area contributed by atoms with E-state index in [0.717, 1.165) is 71.6 Å². The number of nitrogens with zero attached hydrogens (tertiary/aromatic N) is 4. The van der Waals surface area contributed by atoms with Gasteiger partial charge in [0.1, 0.15) is 16.5 Å². The van der Waals surface area contributed by atoms with Crippen LogP contribution >= 0.6 is 11.3 Å². The van der Waals surface area contributed by atoms with Crippen LogP contribution in [0.3, 0.4) is 0 Å². The molecule has 3 heterocycles. The van der Waals surface area contributed by atoms with Crippen molar-refractivity contribution in [1.82, 2.24) is 14.9 Å². The molecule has 7 rings (SSSR count). The second-order valence-corrected chi connectivity index (χ2v) is 11.8. The molecule has 196 valence electrons. The van der Waals surface area contributed by atoms with Gasteiger partial charge in [-0.3, -0.25) is 4.79 Å². The zero-order chi connectivity index (χ0) is 26.2. The van der Waals surface area contributed by atoms with Gasteiger partial charge < -0.3 is 9.80 Å². The highest BCUT2D eigenvalue weighted by molar-refractivity contribution is 7.19. The minimum atomic E-state index is 0.115. The van der Waals surface area contributed by atoms with E-state index in [1.807, 2.05) is 46.6 Å². The van der Waals surface area contributed by atoms with Crippen molar-refractivity contribution in [2.45, 2.75) is 38.5 Å². The molecule has 39 heavy (non-hydrogen) atoms. The van der Waals surface area contributed by atoms with E-state index < -0.39 is 0 Å². The van der Waals surface area contributed by atoms with Crippen molar-refractivity contribution in [2.75, 3.05) is 31.1 Å². The van der Waals surface area contributed by atoms with Gasteiger partial charge >= 0.3 is 0 Å². The van der Waals surface area contributed by atoms with Crippen LogP contribution < -0.4 is 4.90 Å². The molecule has 0 bridgehead atoms. The monoisotopic (exact) mass is 532 g/mol. The number of piperazine rings is 1. The fourth-order valence-corrected chi connectivity index (χ4v) is 7.32. The van der Waals surface area contributed by atoms with Gasteiger partial charge in [0.15, 0.2) is 0 Å². The number of aryl methyl sites for hydroxylation is 4. The highest BCUT2D eigenvalue weighted by atomic mass is 32.1. The number of carbonyl (C=O) groups is 1. The number of aromatic nitrogens is 2. The fourth-order valence-electron chi connectivity index (χ4n) is 6.05. The molecule has 1 amide bonds. The Morgan fingerprint density at radius 1 is 0.795 bits per heavy atom. The Balaban J connectivity index is 1.14. The number of thiophene rings is 1. The van der Waals surface area contributed by atoms with Gasteiger partial charge in [-0.1, -0.05) is 60.7 Å². The Morgan fingerprint density at radius 3 is 2.41 bits per heavy atom. The van der Waals surface area contributed by atoms with Crippen molar-refractivity contribution in [1.29, 1.82) is 0 Å². The van der Waals surface area contributed by atoms with E-state index in [4.69, 9.17) is 9.97 Å². The first-order valence-electron chi connectivity index (χ1n) is 14.1. The van der Waals surface area contributed by atoms with Gasteiger partial charge in [0.2, 0.25) is 0 Å². The average molecular weight is 533 g/mol. The summed E-state index contributed by atoms with van der Waals surface area (Å²) in [5.41, 5.74) is 3.55. The summed E-state index contributed by atoms with van der Waals surface area (Å²) >= 11 is 1.87. The molecule has 0 N–H and O–H groups in total. The van der Waals surface area contributed by atoms with Crippen LogP contribution in [0.5, 0.6) is 0 Å². The lowest BCUT2D eigenvalue weighted by atomic mass is 9.96. The van der Waals surface area contributed by atoms with Crippen LogP contribution in [0.15, 0.2) is 72.8 Å². The highest BCUT2D eigenvalue weighted by Gasteiger charge is 2.28.